The second-order valence-electron chi connectivity index (χ2n) is 4.08. The molecule has 3 nitrogen and oxygen atoms in total. The van der Waals surface area contributed by atoms with Crippen molar-refractivity contribution in [1.29, 1.82) is 0 Å². The molecule has 0 radical (unpaired) electrons. The molecular weight excluding hydrogens is 174 g/mol. The Hall–Kier alpha value is -1.09. The highest BCUT2D eigenvalue weighted by Crippen LogP contribution is 2.15. The molecule has 1 aromatic heterocycles. The maximum Gasteiger partial charge on any atom is 0.0398 e. The maximum atomic E-state index is 4.04. The van der Waals surface area contributed by atoms with Crippen molar-refractivity contribution < 1.29 is 0 Å². The number of pyridine rings is 1. The third-order valence-electron chi connectivity index (χ3n) is 2.59. The average Bonchev–Trinajstić information content (AvgIpc) is 2.18. The number of anilines is 1. The van der Waals surface area contributed by atoms with Crippen LogP contribution in [0.1, 0.15) is 13.8 Å². The van der Waals surface area contributed by atoms with E-state index in [0.29, 0.717) is 12.1 Å². The van der Waals surface area contributed by atoms with E-state index < -0.39 is 0 Å². The maximum absolute atomic E-state index is 4.04. The zero-order chi connectivity index (χ0) is 9.97. The molecule has 0 amide bonds. The Morgan fingerprint density at radius 1 is 1.21 bits per heavy atom. The standard InChI is InChI=1S/C11H17N3/c1-9-7-14(8-10(2)13-9)11-3-5-12-6-4-11/h3-6,9-10,13H,7-8H2,1-2H3. The number of piperazine rings is 1. The van der Waals surface area contributed by atoms with E-state index in [-0.39, 0.29) is 0 Å². The van der Waals surface area contributed by atoms with Gasteiger partial charge in [0, 0.05) is 43.3 Å². The molecule has 1 aliphatic rings. The predicted molar refractivity (Wildman–Crippen MR) is 58.5 cm³/mol. The van der Waals surface area contributed by atoms with Crippen LogP contribution in [0.3, 0.4) is 0 Å². The first-order valence-electron chi connectivity index (χ1n) is 5.17. The largest absolute Gasteiger partial charge is 0.368 e. The minimum absolute atomic E-state index is 0.562. The summed E-state index contributed by atoms with van der Waals surface area (Å²) < 4.78 is 0. The summed E-state index contributed by atoms with van der Waals surface area (Å²) in [7, 11) is 0. The molecule has 1 aromatic rings. The molecule has 76 valence electrons. The van der Waals surface area contributed by atoms with Gasteiger partial charge in [-0.1, -0.05) is 0 Å². The van der Waals surface area contributed by atoms with Gasteiger partial charge in [0.25, 0.3) is 0 Å². The Morgan fingerprint density at radius 3 is 2.36 bits per heavy atom. The van der Waals surface area contributed by atoms with Crippen molar-refractivity contribution in [3.05, 3.63) is 24.5 Å². The van der Waals surface area contributed by atoms with Crippen molar-refractivity contribution in [1.82, 2.24) is 10.3 Å². The van der Waals surface area contributed by atoms with Crippen LogP contribution in [-0.2, 0) is 0 Å². The summed E-state index contributed by atoms with van der Waals surface area (Å²) in [6.45, 7) is 6.61. The molecule has 14 heavy (non-hydrogen) atoms. The van der Waals surface area contributed by atoms with E-state index in [1.807, 2.05) is 12.4 Å². The van der Waals surface area contributed by atoms with Crippen LogP contribution in [-0.4, -0.2) is 30.2 Å². The van der Waals surface area contributed by atoms with Crippen LogP contribution in [0.5, 0.6) is 0 Å². The SMILES string of the molecule is CC1CN(c2ccncc2)CC(C)N1. The summed E-state index contributed by atoms with van der Waals surface area (Å²) in [5.74, 6) is 0. The molecule has 3 heteroatoms. The number of hydrogen-bond donors (Lipinski definition) is 1. The van der Waals surface area contributed by atoms with Gasteiger partial charge >= 0.3 is 0 Å². The topological polar surface area (TPSA) is 28.2 Å². The van der Waals surface area contributed by atoms with E-state index in [1.54, 1.807) is 0 Å². The Kier molecular flexibility index (Phi) is 2.68. The first-order valence-corrected chi connectivity index (χ1v) is 5.17. The van der Waals surface area contributed by atoms with Gasteiger partial charge in [0.1, 0.15) is 0 Å². The first kappa shape index (κ1) is 9.46. The quantitative estimate of drug-likeness (QED) is 0.724. The molecule has 0 saturated carbocycles. The molecule has 1 aliphatic heterocycles. The average molecular weight is 191 g/mol. The Morgan fingerprint density at radius 2 is 1.79 bits per heavy atom. The monoisotopic (exact) mass is 191 g/mol. The summed E-state index contributed by atoms with van der Waals surface area (Å²) >= 11 is 0. The lowest BCUT2D eigenvalue weighted by molar-refractivity contribution is 0.407. The Labute approximate surface area is 85.1 Å². The summed E-state index contributed by atoms with van der Waals surface area (Å²) in [6.07, 6.45) is 3.71. The molecule has 2 atom stereocenters. The first-order chi connectivity index (χ1) is 6.75. The Balaban J connectivity index is 2.11. The van der Waals surface area contributed by atoms with Crippen molar-refractivity contribution in [2.24, 2.45) is 0 Å². The zero-order valence-electron chi connectivity index (χ0n) is 8.77. The number of nitrogens with one attached hydrogen (secondary N) is 1. The molecule has 0 bridgehead atoms. The van der Waals surface area contributed by atoms with E-state index >= 15 is 0 Å². The van der Waals surface area contributed by atoms with Gasteiger partial charge in [0.05, 0.1) is 0 Å². The van der Waals surface area contributed by atoms with Gasteiger partial charge in [-0.3, -0.25) is 4.98 Å². The van der Waals surface area contributed by atoms with Crippen LogP contribution < -0.4 is 10.2 Å². The van der Waals surface area contributed by atoms with Gasteiger partial charge in [-0.05, 0) is 26.0 Å². The van der Waals surface area contributed by atoms with Crippen molar-refractivity contribution >= 4 is 5.69 Å². The van der Waals surface area contributed by atoms with E-state index in [4.69, 9.17) is 0 Å². The molecule has 0 spiro atoms. The van der Waals surface area contributed by atoms with Gasteiger partial charge < -0.3 is 10.2 Å². The van der Waals surface area contributed by atoms with Crippen molar-refractivity contribution in [3.8, 4) is 0 Å². The van der Waals surface area contributed by atoms with Gasteiger partial charge in [-0.2, -0.15) is 0 Å². The minimum atomic E-state index is 0.562. The minimum Gasteiger partial charge on any atom is -0.368 e. The van der Waals surface area contributed by atoms with Crippen molar-refractivity contribution in [2.75, 3.05) is 18.0 Å². The lowest BCUT2D eigenvalue weighted by Gasteiger charge is -2.37. The van der Waals surface area contributed by atoms with Crippen molar-refractivity contribution in [2.45, 2.75) is 25.9 Å². The number of aromatic nitrogens is 1. The van der Waals surface area contributed by atoms with Crippen molar-refractivity contribution in [3.63, 3.8) is 0 Å². The van der Waals surface area contributed by atoms with Crippen LogP contribution in [0.25, 0.3) is 0 Å². The normalized spacial score (nSPS) is 27.7. The second kappa shape index (κ2) is 3.96. The lowest BCUT2D eigenvalue weighted by Crippen LogP contribution is -2.54. The third-order valence-corrected chi connectivity index (χ3v) is 2.59. The predicted octanol–water partition coefficient (Wildman–Crippen LogP) is 1.27. The number of nitrogens with zero attached hydrogens (tertiary/aromatic N) is 2. The van der Waals surface area contributed by atoms with Crippen LogP contribution in [0, 0.1) is 0 Å². The molecule has 2 heterocycles. The molecule has 1 N–H and O–H groups in total. The number of rotatable bonds is 1. The summed E-state index contributed by atoms with van der Waals surface area (Å²) in [5, 5.41) is 3.52. The van der Waals surface area contributed by atoms with Crippen LogP contribution >= 0.6 is 0 Å². The van der Waals surface area contributed by atoms with Crippen LogP contribution in [0.15, 0.2) is 24.5 Å². The fraction of sp³-hybridized carbons (Fsp3) is 0.545. The highest BCUT2D eigenvalue weighted by atomic mass is 15.2. The molecule has 0 aliphatic carbocycles. The van der Waals surface area contributed by atoms with E-state index in [9.17, 15) is 0 Å². The van der Waals surface area contributed by atoms with E-state index in [0.717, 1.165) is 13.1 Å². The second-order valence-corrected chi connectivity index (χ2v) is 4.08. The highest BCUT2D eigenvalue weighted by Gasteiger charge is 2.20. The van der Waals surface area contributed by atoms with Gasteiger partial charge in [0.2, 0.25) is 0 Å². The summed E-state index contributed by atoms with van der Waals surface area (Å²) in [4.78, 5) is 6.45. The third kappa shape index (κ3) is 2.04. The van der Waals surface area contributed by atoms with E-state index in [1.165, 1.54) is 5.69 Å². The van der Waals surface area contributed by atoms with Crippen LogP contribution in [0.4, 0.5) is 5.69 Å². The molecular formula is C11H17N3. The molecule has 1 fully saturated rings. The fourth-order valence-electron chi connectivity index (χ4n) is 2.09. The summed E-state index contributed by atoms with van der Waals surface area (Å²) in [6, 6.07) is 5.27. The zero-order valence-corrected chi connectivity index (χ0v) is 8.77. The van der Waals surface area contributed by atoms with Gasteiger partial charge in [-0.25, -0.2) is 0 Å². The van der Waals surface area contributed by atoms with E-state index in [2.05, 4.69) is 41.2 Å². The molecule has 2 unspecified atom stereocenters. The lowest BCUT2D eigenvalue weighted by atomic mass is 10.1. The Bertz CT molecular complexity index is 276. The molecule has 1 saturated heterocycles. The van der Waals surface area contributed by atoms with Gasteiger partial charge in [-0.15, -0.1) is 0 Å². The molecule has 0 aromatic carbocycles. The van der Waals surface area contributed by atoms with Crippen LogP contribution in [0.2, 0.25) is 0 Å². The smallest absolute Gasteiger partial charge is 0.0398 e. The molecule has 2 rings (SSSR count). The fourth-order valence-corrected chi connectivity index (χ4v) is 2.09. The van der Waals surface area contributed by atoms with Gasteiger partial charge in [0.15, 0.2) is 0 Å². The highest BCUT2D eigenvalue weighted by molar-refractivity contribution is 5.45. The summed E-state index contributed by atoms with van der Waals surface area (Å²) in [5.41, 5.74) is 1.28. The number of hydrogen-bond acceptors (Lipinski definition) is 3.